The zero-order chi connectivity index (χ0) is 0. The molecule has 0 amide bonds. The molecule has 0 aromatic carbocycles. The molecular formula is H12Nd4O12Ti3. The maximum absolute atomic E-state index is 0. The van der Waals surface area contributed by atoms with Crippen molar-refractivity contribution < 1.29 is 294 Å². The summed E-state index contributed by atoms with van der Waals surface area (Å²) in [5.74, 6) is 0. The van der Waals surface area contributed by atoms with Crippen molar-refractivity contribution in [3.8, 4) is 0 Å². The summed E-state index contributed by atoms with van der Waals surface area (Å²) in [4.78, 5) is 0. The molecular weight excluding hydrogens is 913 g/mol. The molecule has 0 aliphatic carbocycles. The third-order valence-corrected chi connectivity index (χ3v) is 0. The molecule has 112 valence electrons. The van der Waals surface area contributed by atoms with Gasteiger partial charge in [0.1, 0.15) is 0 Å². The Labute approximate surface area is 286 Å². The van der Waals surface area contributed by atoms with E-state index in [1.165, 1.54) is 0 Å². The van der Waals surface area contributed by atoms with Crippen LogP contribution in [-0.2, 0) is 65.2 Å². The fourth-order valence-corrected chi connectivity index (χ4v) is 0. The summed E-state index contributed by atoms with van der Waals surface area (Å²) in [6, 6.07) is 0. The van der Waals surface area contributed by atoms with E-state index >= 15 is 0 Å². The van der Waals surface area contributed by atoms with Crippen LogP contribution in [0.15, 0.2) is 0 Å². The molecule has 0 unspecified atom stereocenters. The van der Waals surface area contributed by atoms with E-state index in [1.54, 1.807) is 0 Å². The average Bonchev–Trinajstić information content (AvgIpc) is 0. The normalized spacial score (nSPS) is 0. The third kappa shape index (κ3) is 267. The molecule has 0 saturated heterocycles. The summed E-state index contributed by atoms with van der Waals surface area (Å²) >= 11 is 0. The van der Waals surface area contributed by atoms with Crippen molar-refractivity contribution in [2.45, 2.75) is 0 Å². The standard InChI is InChI=1S/4Nd.12H2O.3Ti/h;;;;12*1H2;;;/q4*+3;;;;;;;;;;;;;;;/p-12. The number of hydrogen-bond acceptors (Lipinski definition) is 12. The van der Waals surface area contributed by atoms with Crippen molar-refractivity contribution in [3.05, 3.63) is 0 Å². The Morgan fingerprint density at radius 2 is 0.158 bits per heavy atom. The Bertz CT molecular complexity index is 24.9. The first kappa shape index (κ1) is 328. The van der Waals surface area contributed by atoms with Crippen molar-refractivity contribution in [1.29, 1.82) is 0 Å². The molecule has 0 saturated carbocycles. The molecule has 0 aliphatic heterocycles. The fourth-order valence-electron chi connectivity index (χ4n) is 0. The van der Waals surface area contributed by atoms with Crippen molar-refractivity contribution in [1.82, 2.24) is 0 Å². The molecule has 0 rings (SSSR count). The van der Waals surface area contributed by atoms with Crippen LogP contribution in [0.5, 0.6) is 0 Å². The van der Waals surface area contributed by atoms with E-state index < -0.39 is 0 Å². The Balaban J connectivity index is 0. The molecule has 0 aromatic heterocycles. The first-order chi connectivity index (χ1) is 0. The van der Waals surface area contributed by atoms with Gasteiger partial charge in [0.05, 0.1) is 0 Å². The van der Waals surface area contributed by atoms with E-state index in [9.17, 15) is 0 Å². The quantitative estimate of drug-likeness (QED) is 0.235. The largest absolute Gasteiger partial charge is 3.00 e. The Hall–Kier alpha value is 7.07. The average molecular weight is 925 g/mol. The first-order valence-electron chi connectivity index (χ1n) is 0. The molecule has 0 aromatic rings. The molecule has 0 fully saturated rings. The van der Waals surface area contributed by atoms with Gasteiger partial charge < -0.3 is 65.7 Å². The van der Waals surface area contributed by atoms with Crippen LogP contribution in [0.1, 0.15) is 0 Å². The van der Waals surface area contributed by atoms with Gasteiger partial charge in [-0.2, -0.15) is 0 Å². The molecule has 12 nitrogen and oxygen atoms in total. The zero-order valence-electron chi connectivity index (χ0n) is 8.87. The third-order valence-electron chi connectivity index (χ3n) is 0. The van der Waals surface area contributed by atoms with Crippen molar-refractivity contribution in [3.63, 3.8) is 0 Å². The molecule has 19 heteroatoms. The maximum atomic E-state index is 0. The Morgan fingerprint density at radius 3 is 0.158 bits per heavy atom. The van der Waals surface area contributed by atoms with E-state index in [1.807, 2.05) is 0 Å². The van der Waals surface area contributed by atoms with Gasteiger partial charge in [-0.15, -0.1) is 0 Å². The van der Waals surface area contributed by atoms with Crippen molar-refractivity contribution in [2.75, 3.05) is 0 Å². The second kappa shape index (κ2) is 291. The number of rotatable bonds is 0. The predicted molar refractivity (Wildman–Crippen MR) is 23.2 cm³/mol. The van der Waals surface area contributed by atoms with Crippen LogP contribution in [0, 0.1) is 163 Å². The van der Waals surface area contributed by atoms with Crippen LogP contribution in [0.25, 0.3) is 0 Å². The zero-order valence-corrected chi connectivity index (χ0v) is 26.4. The van der Waals surface area contributed by atoms with Crippen LogP contribution >= 0.6 is 0 Å². The predicted octanol–water partition coefficient (Wildman–Crippen LogP) is -2.13. The van der Waals surface area contributed by atoms with E-state index in [0.29, 0.717) is 0 Å². The molecule has 0 heterocycles. The SMILES string of the molecule is [Nd+3].[Nd+3].[Nd+3].[Nd+3].[OH-].[OH-].[OH-].[OH-].[OH-].[OH-].[OH-].[OH-].[OH-].[OH-].[OH-].[OH-].[Ti].[Ti].[Ti]. The van der Waals surface area contributed by atoms with Crippen LogP contribution in [0.2, 0.25) is 0 Å². The first-order valence-corrected chi connectivity index (χ1v) is 0. The fraction of sp³-hybridized carbons (Fsp3) is 0. The van der Waals surface area contributed by atoms with Gasteiger partial charge in [-0.3, -0.25) is 0 Å². The molecule has 0 atom stereocenters. The second-order valence-electron chi connectivity index (χ2n) is 0. The van der Waals surface area contributed by atoms with Gasteiger partial charge >= 0.3 is 163 Å². The summed E-state index contributed by atoms with van der Waals surface area (Å²) in [6.45, 7) is 0. The van der Waals surface area contributed by atoms with Gasteiger partial charge in [-0.05, 0) is 0 Å². The molecule has 4 radical (unpaired) electrons. The van der Waals surface area contributed by atoms with E-state index in [4.69, 9.17) is 0 Å². The van der Waals surface area contributed by atoms with Gasteiger partial charge in [0, 0.05) is 65.2 Å². The summed E-state index contributed by atoms with van der Waals surface area (Å²) < 4.78 is 0. The van der Waals surface area contributed by atoms with Crippen molar-refractivity contribution in [2.24, 2.45) is 0 Å². The van der Waals surface area contributed by atoms with Gasteiger partial charge in [0.25, 0.3) is 0 Å². The van der Waals surface area contributed by atoms with Gasteiger partial charge in [-0.25, -0.2) is 0 Å². The molecule has 0 aliphatic rings. The van der Waals surface area contributed by atoms with Gasteiger partial charge in [0.2, 0.25) is 0 Å². The summed E-state index contributed by atoms with van der Waals surface area (Å²) in [6.07, 6.45) is 0. The minimum atomic E-state index is 0. The van der Waals surface area contributed by atoms with Crippen LogP contribution in [-0.4, -0.2) is 65.7 Å². The van der Waals surface area contributed by atoms with Gasteiger partial charge in [0.15, 0.2) is 0 Å². The minimum absolute atomic E-state index is 0. The Kier molecular flexibility index (Phi) is 5020. The molecule has 0 bridgehead atoms. The van der Waals surface area contributed by atoms with Crippen LogP contribution in [0.3, 0.4) is 0 Å². The van der Waals surface area contributed by atoms with E-state index in [0.717, 1.165) is 0 Å². The molecule has 12 N–H and O–H groups in total. The van der Waals surface area contributed by atoms with Gasteiger partial charge in [-0.1, -0.05) is 0 Å². The van der Waals surface area contributed by atoms with E-state index in [2.05, 4.69) is 0 Å². The number of hydrogen-bond donors (Lipinski definition) is 0. The topological polar surface area (TPSA) is 360 Å². The van der Waals surface area contributed by atoms with Crippen LogP contribution < -0.4 is 0 Å². The summed E-state index contributed by atoms with van der Waals surface area (Å²) in [5, 5.41) is 0. The van der Waals surface area contributed by atoms with E-state index in [-0.39, 0.29) is 294 Å². The van der Waals surface area contributed by atoms with Crippen LogP contribution in [0.4, 0.5) is 0 Å². The molecule has 19 heavy (non-hydrogen) atoms. The second-order valence-corrected chi connectivity index (χ2v) is 0. The van der Waals surface area contributed by atoms with Crippen molar-refractivity contribution >= 4 is 0 Å². The minimum Gasteiger partial charge on any atom is -0.870 e. The maximum Gasteiger partial charge on any atom is 3.00 e. The summed E-state index contributed by atoms with van der Waals surface area (Å²) in [5.41, 5.74) is 0. The molecule has 0 spiro atoms. The monoisotopic (exact) mass is 916 g/mol. The Morgan fingerprint density at radius 1 is 0.158 bits per heavy atom. The summed E-state index contributed by atoms with van der Waals surface area (Å²) in [7, 11) is 0. The smallest absolute Gasteiger partial charge is 0.870 e.